The first-order chi connectivity index (χ1) is 8.39. The maximum Gasteiger partial charge on any atom is 0.271 e. The standard InChI is InChI=1S/C12H16N4OSi/c1-18(2,3)9-6-4-8(5-7-9)10-11(12(13)17)15-16-14-10/h4-7H,1-3H3,(H2,13,17)(H,14,15,16). The fourth-order valence-electron chi connectivity index (χ4n) is 1.73. The van der Waals surface area contributed by atoms with Gasteiger partial charge in [-0.25, -0.2) is 0 Å². The van der Waals surface area contributed by atoms with Gasteiger partial charge in [-0.1, -0.05) is 49.1 Å². The maximum absolute atomic E-state index is 11.2. The van der Waals surface area contributed by atoms with E-state index in [2.05, 4.69) is 47.2 Å². The topological polar surface area (TPSA) is 84.7 Å². The van der Waals surface area contributed by atoms with E-state index in [9.17, 15) is 4.79 Å². The molecule has 0 saturated carbocycles. The summed E-state index contributed by atoms with van der Waals surface area (Å²) in [5.74, 6) is -0.576. The molecule has 0 aliphatic heterocycles. The summed E-state index contributed by atoms with van der Waals surface area (Å²) in [4.78, 5) is 11.2. The average molecular weight is 260 g/mol. The van der Waals surface area contributed by atoms with E-state index >= 15 is 0 Å². The van der Waals surface area contributed by atoms with Gasteiger partial charge in [0.1, 0.15) is 5.69 Å². The molecule has 0 atom stereocenters. The second-order valence-corrected chi connectivity index (χ2v) is 10.3. The normalized spacial score (nSPS) is 11.5. The predicted octanol–water partition coefficient (Wildman–Crippen LogP) is 1.12. The summed E-state index contributed by atoms with van der Waals surface area (Å²) >= 11 is 0. The van der Waals surface area contributed by atoms with Crippen molar-refractivity contribution in [3.8, 4) is 11.3 Å². The maximum atomic E-state index is 11.2. The summed E-state index contributed by atoms with van der Waals surface area (Å²) in [6.07, 6.45) is 0. The van der Waals surface area contributed by atoms with Crippen LogP contribution in [-0.2, 0) is 0 Å². The number of primary amides is 1. The van der Waals surface area contributed by atoms with E-state index in [1.54, 1.807) is 0 Å². The van der Waals surface area contributed by atoms with Gasteiger partial charge in [0.05, 0.1) is 8.07 Å². The van der Waals surface area contributed by atoms with E-state index < -0.39 is 14.0 Å². The van der Waals surface area contributed by atoms with Gasteiger partial charge in [-0.3, -0.25) is 4.79 Å². The van der Waals surface area contributed by atoms with E-state index in [0.717, 1.165) is 5.56 Å². The van der Waals surface area contributed by atoms with Crippen molar-refractivity contribution in [2.24, 2.45) is 5.73 Å². The minimum absolute atomic E-state index is 0.177. The Labute approximate surface area is 106 Å². The van der Waals surface area contributed by atoms with Crippen molar-refractivity contribution in [1.82, 2.24) is 15.4 Å². The Morgan fingerprint density at radius 1 is 1.17 bits per heavy atom. The van der Waals surface area contributed by atoms with Crippen LogP contribution in [0, 0.1) is 0 Å². The van der Waals surface area contributed by atoms with E-state index in [-0.39, 0.29) is 5.69 Å². The van der Waals surface area contributed by atoms with Crippen LogP contribution in [0.1, 0.15) is 10.5 Å². The van der Waals surface area contributed by atoms with Crippen LogP contribution in [0.2, 0.25) is 19.6 Å². The van der Waals surface area contributed by atoms with Gasteiger partial charge in [-0.05, 0) is 0 Å². The molecule has 0 unspecified atom stereocenters. The summed E-state index contributed by atoms with van der Waals surface area (Å²) in [5.41, 5.74) is 6.77. The van der Waals surface area contributed by atoms with E-state index in [1.807, 2.05) is 12.1 Å². The number of rotatable bonds is 3. The lowest BCUT2D eigenvalue weighted by Crippen LogP contribution is -2.37. The molecule has 18 heavy (non-hydrogen) atoms. The smallest absolute Gasteiger partial charge is 0.271 e. The molecule has 1 heterocycles. The number of nitrogens with two attached hydrogens (primary N) is 1. The number of nitrogens with zero attached hydrogens (tertiary/aromatic N) is 2. The number of carbonyl (C=O) groups excluding carboxylic acids is 1. The summed E-state index contributed by atoms with van der Waals surface area (Å²) in [5, 5.41) is 11.5. The number of benzene rings is 1. The molecule has 5 nitrogen and oxygen atoms in total. The number of nitrogens with one attached hydrogen (secondary N) is 1. The van der Waals surface area contributed by atoms with Crippen molar-refractivity contribution in [3.05, 3.63) is 30.0 Å². The number of carbonyl (C=O) groups is 1. The van der Waals surface area contributed by atoms with Crippen LogP contribution in [0.4, 0.5) is 0 Å². The highest BCUT2D eigenvalue weighted by molar-refractivity contribution is 6.88. The molecule has 0 saturated heterocycles. The quantitative estimate of drug-likeness (QED) is 0.811. The molecule has 1 amide bonds. The van der Waals surface area contributed by atoms with E-state index in [4.69, 9.17) is 5.73 Å². The molecule has 1 aromatic heterocycles. The zero-order valence-electron chi connectivity index (χ0n) is 10.7. The first-order valence-electron chi connectivity index (χ1n) is 5.71. The molecule has 6 heteroatoms. The van der Waals surface area contributed by atoms with Crippen LogP contribution in [0.5, 0.6) is 0 Å². The molecule has 2 aromatic rings. The predicted molar refractivity (Wildman–Crippen MR) is 73.3 cm³/mol. The number of hydrogen-bond acceptors (Lipinski definition) is 3. The molecule has 0 bridgehead atoms. The summed E-state index contributed by atoms with van der Waals surface area (Å²) in [6.45, 7) is 6.85. The third-order valence-corrected chi connectivity index (χ3v) is 4.87. The fourth-order valence-corrected chi connectivity index (χ4v) is 2.90. The van der Waals surface area contributed by atoms with Crippen molar-refractivity contribution >= 4 is 19.2 Å². The molecule has 0 aliphatic rings. The molecule has 0 aliphatic carbocycles. The summed E-state index contributed by atoms with van der Waals surface area (Å²) < 4.78 is 0. The van der Waals surface area contributed by atoms with Crippen molar-refractivity contribution in [2.75, 3.05) is 0 Å². The van der Waals surface area contributed by atoms with Crippen molar-refractivity contribution in [1.29, 1.82) is 0 Å². The van der Waals surface area contributed by atoms with Crippen LogP contribution in [0.25, 0.3) is 11.3 Å². The van der Waals surface area contributed by atoms with Crippen LogP contribution in [0.15, 0.2) is 24.3 Å². The lowest BCUT2D eigenvalue weighted by molar-refractivity contribution is 0.0996. The van der Waals surface area contributed by atoms with Crippen LogP contribution < -0.4 is 10.9 Å². The highest BCUT2D eigenvalue weighted by atomic mass is 28.3. The van der Waals surface area contributed by atoms with Crippen LogP contribution in [-0.4, -0.2) is 29.4 Å². The van der Waals surface area contributed by atoms with Gasteiger partial charge in [-0.2, -0.15) is 15.4 Å². The Kier molecular flexibility index (Phi) is 3.04. The number of aromatic nitrogens is 3. The molecule has 0 radical (unpaired) electrons. The van der Waals surface area contributed by atoms with Crippen molar-refractivity contribution in [2.45, 2.75) is 19.6 Å². The Bertz CT molecular complexity index is 569. The van der Waals surface area contributed by atoms with Gasteiger partial charge < -0.3 is 5.73 Å². The largest absolute Gasteiger partial charge is 0.364 e. The Hall–Kier alpha value is -1.95. The highest BCUT2D eigenvalue weighted by Gasteiger charge is 2.18. The van der Waals surface area contributed by atoms with Crippen LogP contribution >= 0.6 is 0 Å². The van der Waals surface area contributed by atoms with Gasteiger partial charge in [0, 0.05) is 5.56 Å². The Morgan fingerprint density at radius 2 is 1.78 bits per heavy atom. The van der Waals surface area contributed by atoms with Gasteiger partial charge in [0.2, 0.25) is 0 Å². The average Bonchev–Trinajstić information content (AvgIpc) is 2.77. The van der Waals surface area contributed by atoms with Crippen molar-refractivity contribution < 1.29 is 4.79 Å². The number of H-pyrrole nitrogens is 1. The second kappa shape index (κ2) is 4.38. The molecule has 94 valence electrons. The van der Waals surface area contributed by atoms with E-state index in [0.29, 0.717) is 5.69 Å². The lowest BCUT2D eigenvalue weighted by Gasteiger charge is -2.16. The molecule has 0 spiro atoms. The number of hydrogen-bond donors (Lipinski definition) is 2. The molecular weight excluding hydrogens is 244 g/mol. The molecular formula is C12H16N4OSi. The molecule has 1 aromatic carbocycles. The van der Waals surface area contributed by atoms with E-state index in [1.165, 1.54) is 5.19 Å². The fraction of sp³-hybridized carbons (Fsp3) is 0.250. The third kappa shape index (κ3) is 2.33. The zero-order valence-corrected chi connectivity index (χ0v) is 11.7. The Morgan fingerprint density at radius 3 is 2.28 bits per heavy atom. The van der Waals surface area contributed by atoms with Gasteiger partial charge in [-0.15, -0.1) is 0 Å². The van der Waals surface area contributed by atoms with Gasteiger partial charge in [0.25, 0.3) is 5.91 Å². The second-order valence-electron chi connectivity index (χ2n) is 5.21. The lowest BCUT2D eigenvalue weighted by atomic mass is 10.1. The summed E-state index contributed by atoms with van der Waals surface area (Å²) in [6, 6.07) is 8.08. The SMILES string of the molecule is C[Si](C)(C)c1ccc(-c2n[nH]nc2C(N)=O)cc1. The third-order valence-electron chi connectivity index (χ3n) is 2.81. The zero-order chi connectivity index (χ0) is 13.3. The van der Waals surface area contributed by atoms with Crippen LogP contribution in [0.3, 0.4) is 0 Å². The Balaban J connectivity index is 2.41. The minimum Gasteiger partial charge on any atom is -0.364 e. The molecule has 2 rings (SSSR count). The first kappa shape index (κ1) is 12.5. The summed E-state index contributed by atoms with van der Waals surface area (Å²) in [7, 11) is -1.31. The number of aromatic amines is 1. The van der Waals surface area contributed by atoms with Gasteiger partial charge in [0.15, 0.2) is 5.69 Å². The first-order valence-corrected chi connectivity index (χ1v) is 9.21. The monoisotopic (exact) mass is 260 g/mol. The van der Waals surface area contributed by atoms with Crippen molar-refractivity contribution in [3.63, 3.8) is 0 Å². The van der Waals surface area contributed by atoms with Gasteiger partial charge >= 0.3 is 0 Å². The highest BCUT2D eigenvalue weighted by Crippen LogP contribution is 2.18. The molecule has 3 N–H and O–H groups in total. The minimum atomic E-state index is -1.31. The molecule has 0 fully saturated rings. The number of amides is 1.